The van der Waals surface area contributed by atoms with E-state index in [0.717, 1.165) is 5.92 Å². The minimum Gasteiger partial charge on any atom is -0.312 e. The molecule has 1 saturated carbocycles. The summed E-state index contributed by atoms with van der Waals surface area (Å²) < 4.78 is 0. The van der Waals surface area contributed by atoms with Gasteiger partial charge in [-0.15, -0.1) is 0 Å². The average molecular weight is 127 g/mol. The van der Waals surface area contributed by atoms with Crippen LogP contribution in [0.25, 0.3) is 0 Å². The Morgan fingerprint density at radius 2 is 1.89 bits per heavy atom. The van der Waals surface area contributed by atoms with Gasteiger partial charge in [0.15, 0.2) is 0 Å². The van der Waals surface area contributed by atoms with Crippen molar-refractivity contribution in [2.75, 3.05) is 6.54 Å². The molecular formula is C8H17N. The number of rotatable bonds is 2. The molecule has 1 nitrogen and oxygen atoms in total. The van der Waals surface area contributed by atoms with Gasteiger partial charge in [0.1, 0.15) is 0 Å². The smallest absolute Gasteiger partial charge is 0.00966 e. The molecule has 0 aromatic carbocycles. The maximum absolute atomic E-state index is 3.48. The molecule has 0 spiro atoms. The molecule has 1 aliphatic rings. The Kier molecular flexibility index (Phi) is 1.80. The zero-order valence-corrected chi connectivity index (χ0v) is 6.70. The van der Waals surface area contributed by atoms with Crippen molar-refractivity contribution in [3.8, 4) is 0 Å². The second-order valence-corrected chi connectivity index (χ2v) is 4.07. The summed E-state index contributed by atoms with van der Waals surface area (Å²) >= 11 is 0. The van der Waals surface area contributed by atoms with Crippen LogP contribution in [-0.4, -0.2) is 12.1 Å². The van der Waals surface area contributed by atoms with Crippen LogP contribution in [0.15, 0.2) is 0 Å². The van der Waals surface area contributed by atoms with Crippen LogP contribution in [0.2, 0.25) is 0 Å². The van der Waals surface area contributed by atoms with Crippen LogP contribution in [-0.2, 0) is 0 Å². The van der Waals surface area contributed by atoms with Crippen molar-refractivity contribution >= 4 is 0 Å². The van der Waals surface area contributed by atoms with Crippen molar-refractivity contribution < 1.29 is 0 Å². The van der Waals surface area contributed by atoms with E-state index in [-0.39, 0.29) is 0 Å². The standard InChI is InChI=1S/C8H17N/c1-8(2,3)9-6-7-4-5-7/h7,9H,4-6H2,1-3H3. The van der Waals surface area contributed by atoms with Gasteiger partial charge in [-0.2, -0.15) is 0 Å². The number of nitrogens with one attached hydrogen (secondary N) is 1. The molecule has 54 valence electrons. The van der Waals surface area contributed by atoms with E-state index in [1.54, 1.807) is 0 Å². The molecule has 0 aromatic heterocycles. The van der Waals surface area contributed by atoms with Crippen molar-refractivity contribution in [3.63, 3.8) is 0 Å². The summed E-state index contributed by atoms with van der Waals surface area (Å²) in [6, 6.07) is 0. The highest BCUT2D eigenvalue weighted by Gasteiger charge is 2.22. The van der Waals surface area contributed by atoms with E-state index in [0.29, 0.717) is 5.54 Å². The minimum atomic E-state index is 0.322. The Morgan fingerprint density at radius 1 is 1.33 bits per heavy atom. The molecule has 1 fully saturated rings. The third kappa shape index (κ3) is 3.52. The summed E-state index contributed by atoms with van der Waals surface area (Å²) in [5.74, 6) is 1.00. The molecule has 0 unspecified atom stereocenters. The molecule has 1 heteroatoms. The molecule has 0 amide bonds. The van der Waals surface area contributed by atoms with Crippen molar-refractivity contribution in [1.29, 1.82) is 0 Å². The highest BCUT2D eigenvalue weighted by atomic mass is 14.9. The molecule has 1 rings (SSSR count). The predicted octanol–water partition coefficient (Wildman–Crippen LogP) is 1.78. The van der Waals surface area contributed by atoms with E-state index < -0.39 is 0 Å². The third-order valence-electron chi connectivity index (χ3n) is 1.62. The largest absolute Gasteiger partial charge is 0.312 e. The Hall–Kier alpha value is -0.0400. The zero-order chi connectivity index (χ0) is 6.91. The summed E-state index contributed by atoms with van der Waals surface area (Å²) in [5, 5.41) is 3.48. The molecule has 9 heavy (non-hydrogen) atoms. The van der Waals surface area contributed by atoms with Gasteiger partial charge in [0.25, 0.3) is 0 Å². The Balaban J connectivity index is 2.03. The van der Waals surface area contributed by atoms with Gasteiger partial charge >= 0.3 is 0 Å². The first-order valence-corrected chi connectivity index (χ1v) is 3.83. The minimum absolute atomic E-state index is 0.322. The van der Waals surface area contributed by atoms with Gasteiger partial charge in [0.2, 0.25) is 0 Å². The van der Waals surface area contributed by atoms with E-state index in [1.165, 1.54) is 19.4 Å². The van der Waals surface area contributed by atoms with Crippen LogP contribution in [0, 0.1) is 5.92 Å². The van der Waals surface area contributed by atoms with Crippen LogP contribution in [0.4, 0.5) is 0 Å². The summed E-state index contributed by atoms with van der Waals surface area (Å²) in [7, 11) is 0. The Labute approximate surface area is 57.8 Å². The molecule has 1 aliphatic carbocycles. The van der Waals surface area contributed by atoms with Gasteiger partial charge in [-0.25, -0.2) is 0 Å². The summed E-state index contributed by atoms with van der Waals surface area (Å²) in [5.41, 5.74) is 0.322. The molecule has 0 radical (unpaired) electrons. The first-order valence-electron chi connectivity index (χ1n) is 3.83. The van der Waals surface area contributed by atoms with E-state index >= 15 is 0 Å². The summed E-state index contributed by atoms with van der Waals surface area (Å²) in [6.07, 6.45) is 2.90. The van der Waals surface area contributed by atoms with Crippen molar-refractivity contribution in [2.45, 2.75) is 39.2 Å². The van der Waals surface area contributed by atoms with E-state index in [9.17, 15) is 0 Å². The van der Waals surface area contributed by atoms with Crippen molar-refractivity contribution in [3.05, 3.63) is 0 Å². The van der Waals surface area contributed by atoms with E-state index in [2.05, 4.69) is 26.1 Å². The van der Waals surface area contributed by atoms with E-state index in [1.807, 2.05) is 0 Å². The molecule has 0 heterocycles. The maximum atomic E-state index is 3.48. The predicted molar refractivity (Wildman–Crippen MR) is 40.5 cm³/mol. The molecule has 0 aliphatic heterocycles. The van der Waals surface area contributed by atoms with Gasteiger partial charge in [0.05, 0.1) is 0 Å². The fraction of sp³-hybridized carbons (Fsp3) is 1.00. The lowest BCUT2D eigenvalue weighted by molar-refractivity contribution is 0.416. The second kappa shape index (κ2) is 2.30. The van der Waals surface area contributed by atoms with Crippen LogP contribution in [0.5, 0.6) is 0 Å². The monoisotopic (exact) mass is 127 g/mol. The number of hydrogen-bond acceptors (Lipinski definition) is 1. The van der Waals surface area contributed by atoms with Crippen molar-refractivity contribution in [2.24, 2.45) is 5.92 Å². The van der Waals surface area contributed by atoms with E-state index in [4.69, 9.17) is 0 Å². The zero-order valence-electron chi connectivity index (χ0n) is 6.70. The second-order valence-electron chi connectivity index (χ2n) is 4.07. The van der Waals surface area contributed by atoms with Crippen LogP contribution < -0.4 is 5.32 Å². The quantitative estimate of drug-likeness (QED) is 0.596. The van der Waals surface area contributed by atoms with Gasteiger partial charge in [-0.3, -0.25) is 0 Å². The van der Waals surface area contributed by atoms with Gasteiger partial charge in [0, 0.05) is 5.54 Å². The first kappa shape index (κ1) is 7.07. The molecule has 0 atom stereocenters. The third-order valence-corrected chi connectivity index (χ3v) is 1.62. The van der Waals surface area contributed by atoms with Crippen LogP contribution >= 0.6 is 0 Å². The topological polar surface area (TPSA) is 12.0 Å². The van der Waals surface area contributed by atoms with Gasteiger partial charge < -0.3 is 5.32 Å². The highest BCUT2D eigenvalue weighted by Crippen LogP contribution is 2.28. The summed E-state index contributed by atoms with van der Waals surface area (Å²) in [6.45, 7) is 7.88. The lowest BCUT2D eigenvalue weighted by Crippen LogP contribution is -2.37. The van der Waals surface area contributed by atoms with Gasteiger partial charge in [-0.1, -0.05) is 0 Å². The molecule has 0 bridgehead atoms. The maximum Gasteiger partial charge on any atom is 0.00966 e. The molecule has 0 saturated heterocycles. The lowest BCUT2D eigenvalue weighted by Gasteiger charge is -2.19. The summed E-state index contributed by atoms with van der Waals surface area (Å²) in [4.78, 5) is 0. The highest BCUT2D eigenvalue weighted by molar-refractivity contribution is 4.79. The SMILES string of the molecule is CC(C)(C)NCC1CC1. The molecule has 0 aromatic rings. The van der Waals surface area contributed by atoms with Crippen LogP contribution in [0.1, 0.15) is 33.6 Å². The fourth-order valence-electron chi connectivity index (χ4n) is 0.772. The lowest BCUT2D eigenvalue weighted by atomic mass is 10.1. The molecule has 1 N–H and O–H groups in total. The van der Waals surface area contributed by atoms with Crippen molar-refractivity contribution in [1.82, 2.24) is 5.32 Å². The first-order chi connectivity index (χ1) is 4.08. The fourth-order valence-corrected chi connectivity index (χ4v) is 0.772. The Morgan fingerprint density at radius 3 is 2.22 bits per heavy atom. The molecular weight excluding hydrogens is 110 g/mol. The average Bonchev–Trinajstić information content (AvgIpc) is 2.38. The Bertz CT molecular complexity index is 87.2. The van der Waals surface area contributed by atoms with Crippen LogP contribution in [0.3, 0.4) is 0 Å². The van der Waals surface area contributed by atoms with Gasteiger partial charge in [-0.05, 0) is 46.1 Å². The number of hydrogen-bond donors (Lipinski definition) is 1. The normalized spacial score (nSPS) is 20.3.